The van der Waals surface area contributed by atoms with E-state index in [1.54, 1.807) is 30.1 Å². The van der Waals surface area contributed by atoms with Crippen molar-refractivity contribution in [1.82, 2.24) is 15.0 Å². The van der Waals surface area contributed by atoms with Crippen LogP contribution < -0.4 is 0 Å². The van der Waals surface area contributed by atoms with Crippen molar-refractivity contribution >= 4 is 11.8 Å². The molecule has 1 N–H and O–H groups in total. The molecule has 0 atom stereocenters. The Hall–Kier alpha value is -2.92. The number of nitrogens with zero attached hydrogens (tertiary/aromatic N) is 2. The van der Waals surface area contributed by atoms with Gasteiger partial charge < -0.3 is 4.98 Å². The molecule has 0 amide bonds. The summed E-state index contributed by atoms with van der Waals surface area (Å²) in [5.74, 6) is -0.255. The maximum absolute atomic E-state index is 13.4. The summed E-state index contributed by atoms with van der Waals surface area (Å²) in [6, 6.07) is 18.8. The van der Waals surface area contributed by atoms with Gasteiger partial charge in [0, 0.05) is 23.5 Å². The molecule has 0 saturated carbocycles. The van der Waals surface area contributed by atoms with E-state index in [1.165, 1.54) is 17.7 Å². The number of H-pyrrole nitrogens is 1. The van der Waals surface area contributed by atoms with Crippen molar-refractivity contribution in [3.8, 4) is 22.5 Å². The maximum Gasteiger partial charge on any atom is 0.166 e. The summed E-state index contributed by atoms with van der Waals surface area (Å²) in [5, 5.41) is 0.826. The van der Waals surface area contributed by atoms with Gasteiger partial charge in [-0.25, -0.2) is 9.37 Å². The van der Waals surface area contributed by atoms with E-state index in [4.69, 9.17) is 4.98 Å². The van der Waals surface area contributed by atoms with E-state index >= 15 is 0 Å². The van der Waals surface area contributed by atoms with Gasteiger partial charge >= 0.3 is 0 Å². The van der Waals surface area contributed by atoms with Crippen molar-refractivity contribution < 1.29 is 4.39 Å². The van der Waals surface area contributed by atoms with Gasteiger partial charge in [-0.05, 0) is 54.1 Å². The Kier molecular flexibility index (Phi) is 5.03. The zero-order valence-electron chi connectivity index (χ0n) is 14.8. The number of hydrogen-bond donors (Lipinski definition) is 1. The predicted octanol–water partition coefficient (Wildman–Crippen LogP) is 5.59. The number of rotatable bonds is 5. The minimum atomic E-state index is -0.255. The highest BCUT2D eigenvalue weighted by atomic mass is 32.2. The van der Waals surface area contributed by atoms with Crippen molar-refractivity contribution in [2.24, 2.45) is 0 Å². The third-order valence-corrected chi connectivity index (χ3v) is 4.98. The quantitative estimate of drug-likeness (QED) is 0.462. The molecule has 2 aromatic carbocycles. The molecule has 0 saturated heterocycles. The van der Waals surface area contributed by atoms with Crippen LogP contribution in [0.1, 0.15) is 11.1 Å². The molecule has 0 aliphatic carbocycles. The lowest BCUT2D eigenvalue weighted by atomic mass is 9.97. The molecule has 0 radical (unpaired) electrons. The van der Waals surface area contributed by atoms with E-state index in [9.17, 15) is 4.39 Å². The molecular formula is C22H18FN3S. The Bertz CT molecular complexity index is 1040. The second-order valence-corrected chi connectivity index (χ2v) is 6.97. The highest BCUT2D eigenvalue weighted by molar-refractivity contribution is 7.98. The lowest BCUT2D eigenvalue weighted by Gasteiger charge is -2.10. The van der Waals surface area contributed by atoms with Gasteiger partial charge in [0.2, 0.25) is 0 Å². The molecule has 0 spiro atoms. The summed E-state index contributed by atoms with van der Waals surface area (Å²) >= 11 is 1.55. The molecule has 4 rings (SSSR count). The van der Waals surface area contributed by atoms with Crippen LogP contribution >= 0.6 is 11.8 Å². The minimum Gasteiger partial charge on any atom is -0.332 e. The van der Waals surface area contributed by atoms with Crippen LogP contribution in [0.15, 0.2) is 78.2 Å². The van der Waals surface area contributed by atoms with Crippen LogP contribution in [0.2, 0.25) is 0 Å². The Morgan fingerprint density at radius 3 is 2.52 bits per heavy atom. The van der Waals surface area contributed by atoms with E-state index in [2.05, 4.69) is 22.1 Å². The lowest BCUT2D eigenvalue weighted by Crippen LogP contribution is -1.95. The first-order valence-corrected chi connectivity index (χ1v) is 9.84. The molecule has 0 aliphatic heterocycles. The van der Waals surface area contributed by atoms with Crippen molar-refractivity contribution in [3.05, 3.63) is 90.0 Å². The van der Waals surface area contributed by atoms with E-state index < -0.39 is 0 Å². The van der Waals surface area contributed by atoms with E-state index in [1.807, 2.05) is 36.7 Å². The number of imidazole rings is 1. The van der Waals surface area contributed by atoms with Gasteiger partial charge in [-0.1, -0.05) is 42.1 Å². The van der Waals surface area contributed by atoms with Crippen LogP contribution in [-0.4, -0.2) is 21.2 Å². The van der Waals surface area contributed by atoms with Gasteiger partial charge in [-0.2, -0.15) is 0 Å². The van der Waals surface area contributed by atoms with Crippen molar-refractivity contribution in [1.29, 1.82) is 0 Å². The van der Waals surface area contributed by atoms with Gasteiger partial charge in [0.05, 0.1) is 11.4 Å². The minimum absolute atomic E-state index is 0.255. The Balaban J connectivity index is 1.82. The summed E-state index contributed by atoms with van der Waals surface area (Å²) < 4.78 is 13.4. The third-order valence-electron chi connectivity index (χ3n) is 4.40. The number of aromatic nitrogens is 3. The largest absolute Gasteiger partial charge is 0.332 e. The van der Waals surface area contributed by atoms with Crippen LogP contribution in [-0.2, 0) is 6.42 Å². The van der Waals surface area contributed by atoms with Crippen LogP contribution in [0.25, 0.3) is 22.5 Å². The molecule has 4 aromatic rings. The fourth-order valence-electron chi connectivity index (χ4n) is 3.09. The van der Waals surface area contributed by atoms with Gasteiger partial charge in [-0.3, -0.25) is 4.98 Å². The lowest BCUT2D eigenvalue weighted by molar-refractivity contribution is 0.628. The average molecular weight is 375 g/mol. The molecule has 0 unspecified atom stereocenters. The zero-order valence-corrected chi connectivity index (χ0v) is 15.6. The molecule has 27 heavy (non-hydrogen) atoms. The molecule has 2 heterocycles. The Labute approximate surface area is 161 Å². The SMILES string of the molecule is CSc1nc(-c2ccc(F)cc2)c(-c2ccncc2Cc2ccccc2)[nH]1. The smallest absolute Gasteiger partial charge is 0.166 e. The molecule has 0 fully saturated rings. The van der Waals surface area contributed by atoms with Crippen LogP contribution in [0.4, 0.5) is 4.39 Å². The molecular weight excluding hydrogens is 357 g/mol. The second kappa shape index (κ2) is 7.76. The van der Waals surface area contributed by atoms with Crippen molar-refractivity contribution in [2.45, 2.75) is 11.6 Å². The number of nitrogens with one attached hydrogen (secondary N) is 1. The van der Waals surface area contributed by atoms with E-state index in [0.717, 1.165) is 39.7 Å². The van der Waals surface area contributed by atoms with E-state index in [-0.39, 0.29) is 5.82 Å². The number of benzene rings is 2. The molecule has 134 valence electrons. The molecule has 0 bridgehead atoms. The van der Waals surface area contributed by atoms with Crippen LogP contribution in [0.5, 0.6) is 0 Å². The Morgan fingerprint density at radius 1 is 1.00 bits per heavy atom. The fourth-order valence-corrected chi connectivity index (χ4v) is 3.47. The topological polar surface area (TPSA) is 41.6 Å². The molecule has 3 nitrogen and oxygen atoms in total. The Morgan fingerprint density at radius 2 is 1.78 bits per heavy atom. The third kappa shape index (κ3) is 3.78. The standard InChI is InChI=1S/C22H18FN3S/c1-27-22-25-20(16-7-9-18(23)10-8-16)21(26-22)19-11-12-24-14-17(19)13-15-5-3-2-4-6-15/h2-12,14H,13H2,1H3,(H,25,26). The molecule has 0 aliphatic rings. The number of halogens is 1. The maximum atomic E-state index is 13.4. The van der Waals surface area contributed by atoms with Crippen molar-refractivity contribution in [3.63, 3.8) is 0 Å². The van der Waals surface area contributed by atoms with E-state index in [0.29, 0.717) is 0 Å². The number of hydrogen-bond acceptors (Lipinski definition) is 3. The number of aromatic amines is 1. The number of pyridine rings is 1. The monoisotopic (exact) mass is 375 g/mol. The fraction of sp³-hybridized carbons (Fsp3) is 0.0909. The normalized spacial score (nSPS) is 10.9. The summed E-state index contributed by atoms with van der Waals surface area (Å²) in [5.41, 5.74) is 6.02. The van der Waals surface area contributed by atoms with Gasteiger partial charge in [0.15, 0.2) is 5.16 Å². The summed E-state index contributed by atoms with van der Waals surface area (Å²) in [6.45, 7) is 0. The summed E-state index contributed by atoms with van der Waals surface area (Å²) in [6.07, 6.45) is 6.45. The van der Waals surface area contributed by atoms with Crippen LogP contribution in [0.3, 0.4) is 0 Å². The zero-order chi connectivity index (χ0) is 18.6. The highest BCUT2D eigenvalue weighted by Gasteiger charge is 2.17. The van der Waals surface area contributed by atoms with Crippen LogP contribution in [0, 0.1) is 5.82 Å². The summed E-state index contributed by atoms with van der Waals surface area (Å²) in [7, 11) is 0. The number of thioether (sulfide) groups is 1. The molecule has 2 aromatic heterocycles. The predicted molar refractivity (Wildman–Crippen MR) is 108 cm³/mol. The van der Waals surface area contributed by atoms with Crippen molar-refractivity contribution in [2.75, 3.05) is 6.26 Å². The summed E-state index contributed by atoms with van der Waals surface area (Å²) in [4.78, 5) is 12.5. The second-order valence-electron chi connectivity index (χ2n) is 6.17. The first kappa shape index (κ1) is 17.5. The van der Waals surface area contributed by atoms with Gasteiger partial charge in [0.1, 0.15) is 5.82 Å². The first-order valence-electron chi connectivity index (χ1n) is 8.61. The highest BCUT2D eigenvalue weighted by Crippen LogP contribution is 2.34. The van der Waals surface area contributed by atoms with Gasteiger partial charge in [-0.15, -0.1) is 0 Å². The van der Waals surface area contributed by atoms with Gasteiger partial charge in [0.25, 0.3) is 0 Å². The average Bonchev–Trinajstić information content (AvgIpc) is 3.14. The first-order chi connectivity index (χ1) is 13.2. The molecule has 5 heteroatoms.